The topological polar surface area (TPSA) is 98.5 Å². The lowest BCUT2D eigenvalue weighted by atomic mass is 10.1. The van der Waals surface area contributed by atoms with Gasteiger partial charge in [-0.05, 0) is 17.5 Å². The van der Waals surface area contributed by atoms with Crippen LogP contribution in [-0.2, 0) is 20.6 Å². The Morgan fingerprint density at radius 1 is 1.38 bits per heavy atom. The molecule has 0 spiro atoms. The van der Waals surface area contributed by atoms with E-state index in [1.54, 1.807) is 18.2 Å². The molecule has 0 radical (unpaired) electrons. The number of aliphatic carboxylic acids is 1. The highest BCUT2D eigenvalue weighted by Gasteiger charge is 2.26. The quantitative estimate of drug-likeness (QED) is 0.821. The fraction of sp³-hybridized carbons (Fsp3) is 0.429. The summed E-state index contributed by atoms with van der Waals surface area (Å²) >= 11 is 0. The zero-order valence-electron chi connectivity index (χ0n) is 12.0. The third-order valence-electron chi connectivity index (χ3n) is 2.75. The van der Waals surface area contributed by atoms with Crippen LogP contribution in [0.3, 0.4) is 0 Å². The Hall–Kier alpha value is -1.91. The minimum atomic E-state index is -3.80. The van der Waals surface area contributed by atoms with Crippen LogP contribution in [0, 0.1) is 17.2 Å². The van der Waals surface area contributed by atoms with Crippen LogP contribution in [0.25, 0.3) is 0 Å². The molecule has 21 heavy (non-hydrogen) atoms. The zero-order valence-corrected chi connectivity index (χ0v) is 12.8. The third-order valence-corrected chi connectivity index (χ3v) is 4.49. The van der Waals surface area contributed by atoms with Gasteiger partial charge in [0, 0.05) is 6.54 Å². The number of carboxylic acids is 1. The monoisotopic (exact) mass is 310 g/mol. The second-order valence-corrected chi connectivity index (χ2v) is 7.07. The maximum absolute atomic E-state index is 12.4. The number of nitriles is 1. The number of sulfonamides is 1. The second kappa shape index (κ2) is 7.20. The van der Waals surface area contributed by atoms with Crippen molar-refractivity contribution >= 4 is 16.0 Å². The highest BCUT2D eigenvalue weighted by molar-refractivity contribution is 7.88. The molecule has 0 aromatic heterocycles. The van der Waals surface area contributed by atoms with Crippen molar-refractivity contribution in [3.63, 3.8) is 0 Å². The molecule has 0 heterocycles. The molecule has 1 N–H and O–H groups in total. The molecule has 0 fully saturated rings. The average molecular weight is 310 g/mol. The van der Waals surface area contributed by atoms with Crippen LogP contribution >= 0.6 is 0 Å². The fourth-order valence-corrected chi connectivity index (χ4v) is 3.54. The number of benzene rings is 1. The molecule has 0 aliphatic carbocycles. The van der Waals surface area contributed by atoms with Gasteiger partial charge in [-0.25, -0.2) is 8.42 Å². The first-order valence-electron chi connectivity index (χ1n) is 6.44. The standard InChI is InChI=1S/C14H18N2O4S/c1-11(2)8-16(9-14(17)18)21(19,20)10-13-6-4-3-5-12(13)7-15/h3-6,11H,8-10H2,1-2H3,(H,17,18). The summed E-state index contributed by atoms with van der Waals surface area (Å²) in [5.41, 5.74) is 0.653. The lowest BCUT2D eigenvalue weighted by molar-refractivity contribution is -0.137. The molecule has 0 unspecified atom stereocenters. The molecule has 6 nitrogen and oxygen atoms in total. The van der Waals surface area contributed by atoms with E-state index >= 15 is 0 Å². The average Bonchev–Trinajstić information content (AvgIpc) is 2.37. The number of hydrogen-bond acceptors (Lipinski definition) is 4. The van der Waals surface area contributed by atoms with Crippen LogP contribution in [0.15, 0.2) is 24.3 Å². The SMILES string of the molecule is CC(C)CN(CC(=O)O)S(=O)(=O)Cc1ccccc1C#N. The molecule has 0 saturated carbocycles. The summed E-state index contributed by atoms with van der Waals surface area (Å²) in [5, 5.41) is 17.9. The summed E-state index contributed by atoms with van der Waals surface area (Å²) in [5.74, 6) is -1.57. The van der Waals surface area contributed by atoms with Gasteiger partial charge in [0.05, 0.1) is 17.4 Å². The first-order chi connectivity index (χ1) is 9.76. The predicted octanol–water partition coefficient (Wildman–Crippen LogP) is 1.43. The smallest absolute Gasteiger partial charge is 0.318 e. The van der Waals surface area contributed by atoms with Crippen molar-refractivity contribution in [2.45, 2.75) is 19.6 Å². The summed E-state index contributed by atoms with van der Waals surface area (Å²) < 4.78 is 25.7. The van der Waals surface area contributed by atoms with Gasteiger partial charge in [-0.3, -0.25) is 4.79 Å². The fourth-order valence-electron chi connectivity index (χ4n) is 1.88. The largest absolute Gasteiger partial charge is 0.480 e. The molecule has 1 aromatic carbocycles. The Morgan fingerprint density at radius 2 is 2.00 bits per heavy atom. The molecule has 0 atom stereocenters. The van der Waals surface area contributed by atoms with Crippen LogP contribution < -0.4 is 0 Å². The third kappa shape index (κ3) is 5.17. The molecular formula is C14H18N2O4S. The number of rotatable bonds is 7. The van der Waals surface area contributed by atoms with Crippen LogP contribution in [0.1, 0.15) is 25.0 Å². The van der Waals surface area contributed by atoms with Gasteiger partial charge >= 0.3 is 5.97 Å². The Balaban J connectivity index is 3.06. The molecular weight excluding hydrogens is 292 g/mol. The number of hydrogen-bond donors (Lipinski definition) is 1. The Kier molecular flexibility index (Phi) is 5.88. The van der Waals surface area contributed by atoms with E-state index in [-0.39, 0.29) is 23.8 Å². The van der Waals surface area contributed by atoms with E-state index in [0.717, 1.165) is 4.31 Å². The Morgan fingerprint density at radius 3 is 2.52 bits per heavy atom. The van der Waals surface area contributed by atoms with Gasteiger partial charge in [-0.1, -0.05) is 32.0 Å². The van der Waals surface area contributed by atoms with Gasteiger partial charge in [0.1, 0.15) is 6.54 Å². The van der Waals surface area contributed by atoms with E-state index in [1.165, 1.54) is 6.07 Å². The minimum Gasteiger partial charge on any atom is -0.480 e. The Labute approximate surface area is 124 Å². The summed E-state index contributed by atoms with van der Waals surface area (Å²) in [4.78, 5) is 10.9. The van der Waals surface area contributed by atoms with E-state index in [2.05, 4.69) is 0 Å². The maximum Gasteiger partial charge on any atom is 0.318 e. The molecule has 0 amide bonds. The molecule has 0 bridgehead atoms. The van der Waals surface area contributed by atoms with E-state index in [0.29, 0.717) is 5.56 Å². The van der Waals surface area contributed by atoms with Gasteiger partial charge in [0.15, 0.2) is 0 Å². The maximum atomic E-state index is 12.4. The van der Waals surface area contributed by atoms with Crippen molar-refractivity contribution < 1.29 is 18.3 Å². The summed E-state index contributed by atoms with van der Waals surface area (Å²) in [6, 6.07) is 8.33. The van der Waals surface area contributed by atoms with E-state index in [1.807, 2.05) is 19.9 Å². The van der Waals surface area contributed by atoms with Gasteiger partial charge in [-0.2, -0.15) is 9.57 Å². The first kappa shape index (κ1) is 17.1. The molecule has 7 heteroatoms. The van der Waals surface area contributed by atoms with Crippen LogP contribution in [-0.4, -0.2) is 36.9 Å². The molecule has 114 valence electrons. The summed E-state index contributed by atoms with van der Waals surface area (Å²) in [6.07, 6.45) is 0. The van der Waals surface area contributed by atoms with E-state index < -0.39 is 22.5 Å². The van der Waals surface area contributed by atoms with Gasteiger partial charge in [-0.15, -0.1) is 0 Å². The molecule has 0 aliphatic heterocycles. The normalized spacial score (nSPS) is 11.6. The molecule has 1 rings (SSSR count). The highest BCUT2D eigenvalue weighted by Crippen LogP contribution is 2.16. The van der Waals surface area contributed by atoms with E-state index in [9.17, 15) is 13.2 Å². The minimum absolute atomic E-state index is 0.00494. The van der Waals surface area contributed by atoms with Crippen molar-refractivity contribution in [1.82, 2.24) is 4.31 Å². The van der Waals surface area contributed by atoms with Crippen LogP contribution in [0.4, 0.5) is 0 Å². The lowest BCUT2D eigenvalue weighted by Gasteiger charge is -2.22. The van der Waals surface area contributed by atoms with Gasteiger partial charge in [0.25, 0.3) is 0 Å². The van der Waals surface area contributed by atoms with Crippen molar-refractivity contribution in [2.75, 3.05) is 13.1 Å². The van der Waals surface area contributed by atoms with Crippen LogP contribution in [0.5, 0.6) is 0 Å². The van der Waals surface area contributed by atoms with Crippen LogP contribution in [0.2, 0.25) is 0 Å². The van der Waals surface area contributed by atoms with Crippen molar-refractivity contribution in [2.24, 2.45) is 5.92 Å². The van der Waals surface area contributed by atoms with Gasteiger partial charge < -0.3 is 5.11 Å². The second-order valence-electron chi connectivity index (χ2n) is 5.11. The molecule has 1 aromatic rings. The molecule has 0 aliphatic rings. The number of nitrogens with zero attached hydrogens (tertiary/aromatic N) is 2. The Bertz CT molecular complexity index is 647. The number of carboxylic acid groups (broad SMARTS) is 1. The summed E-state index contributed by atoms with van der Waals surface area (Å²) in [6.45, 7) is 3.18. The zero-order chi connectivity index (χ0) is 16.0. The van der Waals surface area contributed by atoms with Crippen molar-refractivity contribution in [3.05, 3.63) is 35.4 Å². The highest BCUT2D eigenvalue weighted by atomic mass is 32.2. The predicted molar refractivity (Wildman–Crippen MR) is 77.8 cm³/mol. The first-order valence-corrected chi connectivity index (χ1v) is 8.04. The van der Waals surface area contributed by atoms with Gasteiger partial charge in [0.2, 0.25) is 10.0 Å². The number of carbonyl (C=O) groups is 1. The van der Waals surface area contributed by atoms with Crippen molar-refractivity contribution in [1.29, 1.82) is 5.26 Å². The van der Waals surface area contributed by atoms with Crippen molar-refractivity contribution in [3.8, 4) is 6.07 Å². The van der Waals surface area contributed by atoms with E-state index in [4.69, 9.17) is 10.4 Å². The summed E-state index contributed by atoms with van der Waals surface area (Å²) in [7, 11) is -3.80. The lowest BCUT2D eigenvalue weighted by Crippen LogP contribution is -2.39. The molecule has 0 saturated heterocycles.